The summed E-state index contributed by atoms with van der Waals surface area (Å²) in [5, 5.41) is 8.95. The molecule has 20 heavy (non-hydrogen) atoms. The third kappa shape index (κ3) is 5.11. The van der Waals surface area contributed by atoms with E-state index in [1.165, 1.54) is 13.0 Å². The summed E-state index contributed by atoms with van der Waals surface area (Å²) in [6, 6.07) is 6.34. The Morgan fingerprint density at radius 2 is 1.95 bits per heavy atom. The number of carboxylic acids is 1. The molecule has 0 bridgehead atoms. The predicted molar refractivity (Wildman–Crippen MR) is 70.4 cm³/mol. The van der Waals surface area contributed by atoms with Gasteiger partial charge in [-0.25, -0.2) is 9.59 Å². The van der Waals surface area contributed by atoms with Crippen molar-refractivity contribution in [2.75, 3.05) is 13.2 Å². The van der Waals surface area contributed by atoms with Gasteiger partial charge in [-0.1, -0.05) is 18.7 Å². The van der Waals surface area contributed by atoms with Crippen LogP contribution in [0.3, 0.4) is 0 Å². The Kier molecular flexibility index (Phi) is 6.25. The highest BCUT2D eigenvalue weighted by atomic mass is 17.2. The Bertz CT molecular complexity index is 494. The molecule has 1 aromatic rings. The number of hydrogen-bond donors (Lipinski definition) is 1. The van der Waals surface area contributed by atoms with Gasteiger partial charge >= 0.3 is 11.9 Å². The Labute approximate surface area is 116 Å². The van der Waals surface area contributed by atoms with Gasteiger partial charge in [0.15, 0.2) is 0 Å². The molecule has 0 heterocycles. The Morgan fingerprint density at radius 3 is 2.60 bits per heavy atom. The van der Waals surface area contributed by atoms with E-state index in [9.17, 15) is 9.59 Å². The molecule has 0 unspecified atom stereocenters. The lowest BCUT2D eigenvalue weighted by atomic mass is 10.2. The fourth-order valence-corrected chi connectivity index (χ4v) is 1.24. The normalized spacial score (nSPS) is 9.85. The molecule has 0 fully saturated rings. The van der Waals surface area contributed by atoms with Gasteiger partial charge in [-0.15, -0.1) is 0 Å². The second-order valence-electron chi connectivity index (χ2n) is 3.98. The van der Waals surface area contributed by atoms with Gasteiger partial charge in [-0.2, -0.15) is 4.89 Å². The van der Waals surface area contributed by atoms with Crippen LogP contribution in [0.4, 0.5) is 0 Å². The zero-order valence-electron chi connectivity index (χ0n) is 11.1. The number of rotatable bonds is 8. The van der Waals surface area contributed by atoms with Gasteiger partial charge in [0.05, 0.1) is 13.2 Å². The molecular weight excluding hydrogens is 264 g/mol. The maximum Gasteiger partial charge on any atom is 0.368 e. The number of hydrogen-bond acceptors (Lipinski definition) is 5. The van der Waals surface area contributed by atoms with Crippen molar-refractivity contribution in [3.05, 3.63) is 42.0 Å². The predicted octanol–water partition coefficient (Wildman–Crippen LogP) is 2.20. The Morgan fingerprint density at radius 1 is 1.25 bits per heavy atom. The number of ether oxygens (including phenoxy) is 1. The first-order valence-corrected chi connectivity index (χ1v) is 5.97. The van der Waals surface area contributed by atoms with Gasteiger partial charge in [0.1, 0.15) is 11.3 Å². The summed E-state index contributed by atoms with van der Waals surface area (Å²) in [6.07, 6.45) is 0.442. The van der Waals surface area contributed by atoms with Crippen LogP contribution in [0.15, 0.2) is 36.4 Å². The lowest BCUT2D eigenvalue weighted by Crippen LogP contribution is -2.10. The fraction of sp³-hybridized carbons (Fsp3) is 0.286. The molecule has 1 aromatic carbocycles. The quantitative estimate of drug-likeness (QED) is 0.340. The third-order valence-electron chi connectivity index (χ3n) is 2.23. The number of carbonyl (C=O) groups excluding carboxylic acids is 1. The van der Waals surface area contributed by atoms with E-state index in [1.54, 1.807) is 18.2 Å². The molecular formula is C14H16O6. The first-order valence-electron chi connectivity index (χ1n) is 5.97. The molecule has 0 amide bonds. The van der Waals surface area contributed by atoms with Crippen molar-refractivity contribution in [3.63, 3.8) is 0 Å². The molecule has 6 heteroatoms. The Hall–Kier alpha value is -2.34. The van der Waals surface area contributed by atoms with Crippen LogP contribution in [0.25, 0.3) is 0 Å². The average Bonchev–Trinajstić information content (AvgIpc) is 2.42. The average molecular weight is 280 g/mol. The van der Waals surface area contributed by atoms with Crippen molar-refractivity contribution in [1.29, 1.82) is 0 Å². The van der Waals surface area contributed by atoms with Crippen LogP contribution in [-0.2, 0) is 14.6 Å². The molecule has 0 saturated heterocycles. The molecule has 0 radical (unpaired) electrons. The molecule has 0 atom stereocenters. The first-order chi connectivity index (χ1) is 9.52. The Balaban J connectivity index is 2.27. The van der Waals surface area contributed by atoms with E-state index in [-0.39, 0.29) is 24.4 Å². The van der Waals surface area contributed by atoms with Crippen molar-refractivity contribution >= 4 is 11.9 Å². The van der Waals surface area contributed by atoms with Crippen LogP contribution < -0.4 is 4.74 Å². The van der Waals surface area contributed by atoms with Crippen LogP contribution in [0.1, 0.15) is 23.7 Å². The maximum absolute atomic E-state index is 11.0. The number of carboxylic acid groups (broad SMARTS) is 1. The second kappa shape index (κ2) is 7.96. The van der Waals surface area contributed by atoms with Crippen molar-refractivity contribution in [1.82, 2.24) is 0 Å². The number of benzene rings is 1. The molecule has 1 rings (SSSR count). The third-order valence-corrected chi connectivity index (χ3v) is 2.23. The van der Waals surface area contributed by atoms with Crippen molar-refractivity contribution < 1.29 is 29.2 Å². The first kappa shape index (κ1) is 15.7. The minimum Gasteiger partial charge on any atom is -0.493 e. The van der Waals surface area contributed by atoms with Gasteiger partial charge in [-0.3, -0.25) is 4.89 Å². The van der Waals surface area contributed by atoms with Crippen LogP contribution in [-0.4, -0.2) is 30.3 Å². The van der Waals surface area contributed by atoms with E-state index in [1.807, 2.05) is 0 Å². The molecule has 0 aromatic heterocycles. The molecule has 6 nitrogen and oxygen atoms in total. The second-order valence-corrected chi connectivity index (χ2v) is 3.98. The fourth-order valence-electron chi connectivity index (χ4n) is 1.24. The highest BCUT2D eigenvalue weighted by Crippen LogP contribution is 2.17. The smallest absolute Gasteiger partial charge is 0.368 e. The summed E-state index contributed by atoms with van der Waals surface area (Å²) in [5.74, 6) is -1.38. The molecule has 108 valence electrons. The van der Waals surface area contributed by atoms with Crippen LogP contribution in [0.5, 0.6) is 5.75 Å². The topological polar surface area (TPSA) is 82.1 Å². The largest absolute Gasteiger partial charge is 0.493 e. The summed E-state index contributed by atoms with van der Waals surface area (Å²) >= 11 is 0. The van der Waals surface area contributed by atoms with Gasteiger partial charge in [0.2, 0.25) is 0 Å². The molecule has 0 aliphatic carbocycles. The summed E-state index contributed by atoms with van der Waals surface area (Å²) in [6.45, 7) is 5.30. The minimum absolute atomic E-state index is 0.0992. The zero-order valence-corrected chi connectivity index (χ0v) is 11.1. The van der Waals surface area contributed by atoms with E-state index < -0.39 is 11.9 Å². The van der Waals surface area contributed by atoms with Gasteiger partial charge in [0, 0.05) is 12.0 Å². The number of aromatic carboxylic acids is 1. The molecule has 0 spiro atoms. The minimum atomic E-state index is -1.05. The summed E-state index contributed by atoms with van der Waals surface area (Å²) < 4.78 is 5.33. The van der Waals surface area contributed by atoms with E-state index in [2.05, 4.69) is 16.4 Å². The van der Waals surface area contributed by atoms with Crippen molar-refractivity contribution in [2.24, 2.45) is 0 Å². The molecule has 0 saturated carbocycles. The number of carbonyl (C=O) groups is 2. The van der Waals surface area contributed by atoms with Gasteiger partial charge in [0.25, 0.3) is 0 Å². The van der Waals surface area contributed by atoms with E-state index in [0.29, 0.717) is 12.2 Å². The van der Waals surface area contributed by atoms with Crippen molar-refractivity contribution in [3.8, 4) is 5.75 Å². The lowest BCUT2D eigenvalue weighted by Gasteiger charge is -2.08. The summed E-state index contributed by atoms with van der Waals surface area (Å²) in [7, 11) is 0. The van der Waals surface area contributed by atoms with Crippen LogP contribution in [0.2, 0.25) is 0 Å². The lowest BCUT2D eigenvalue weighted by molar-refractivity contribution is -0.269. The summed E-state index contributed by atoms with van der Waals surface area (Å²) in [4.78, 5) is 31.0. The van der Waals surface area contributed by atoms with Gasteiger partial charge < -0.3 is 9.84 Å². The zero-order chi connectivity index (χ0) is 15.0. The highest BCUT2D eigenvalue weighted by molar-refractivity contribution is 5.90. The van der Waals surface area contributed by atoms with E-state index >= 15 is 0 Å². The molecule has 1 N–H and O–H groups in total. The summed E-state index contributed by atoms with van der Waals surface area (Å²) in [5.41, 5.74) is 0.346. The molecule has 0 aliphatic heterocycles. The van der Waals surface area contributed by atoms with Crippen LogP contribution >= 0.6 is 0 Å². The van der Waals surface area contributed by atoms with Gasteiger partial charge in [-0.05, 0) is 19.1 Å². The standard InChI is InChI=1S/C14H16O6/c1-10(2)14(17)20-19-9-5-8-18-12-7-4-3-6-11(12)13(15)16/h3-4,6-7H,1,5,8-9H2,2H3,(H,15,16). The van der Waals surface area contributed by atoms with Crippen molar-refractivity contribution in [2.45, 2.75) is 13.3 Å². The van der Waals surface area contributed by atoms with E-state index in [0.717, 1.165) is 0 Å². The van der Waals surface area contributed by atoms with Crippen LogP contribution in [0, 0.1) is 0 Å². The highest BCUT2D eigenvalue weighted by Gasteiger charge is 2.09. The SMILES string of the molecule is C=C(C)C(=O)OOCCCOc1ccccc1C(=O)O. The number of para-hydroxylation sites is 1. The molecule has 0 aliphatic rings. The maximum atomic E-state index is 11.0. The van der Waals surface area contributed by atoms with E-state index in [4.69, 9.17) is 9.84 Å². The monoisotopic (exact) mass is 280 g/mol.